The molecule has 1 aromatic rings. The summed E-state index contributed by atoms with van der Waals surface area (Å²) in [6.07, 6.45) is 2.79. The second kappa shape index (κ2) is 5.89. The standard InChI is InChI=1S/C14H21N5/c1-3-11(2)18-4-6-19(7-5-18)14-12(9-15)8-13(16)10-17-14/h8,10-11H,3-7,16H2,1-2H3. The molecule has 19 heavy (non-hydrogen) atoms. The molecular weight excluding hydrogens is 238 g/mol. The number of aromatic nitrogens is 1. The molecule has 1 unspecified atom stereocenters. The van der Waals surface area contributed by atoms with Gasteiger partial charge in [0.05, 0.1) is 17.4 Å². The number of rotatable bonds is 3. The van der Waals surface area contributed by atoms with Crippen molar-refractivity contribution in [1.82, 2.24) is 9.88 Å². The van der Waals surface area contributed by atoms with Gasteiger partial charge in [-0.2, -0.15) is 5.26 Å². The molecule has 2 rings (SSSR count). The molecule has 0 bridgehead atoms. The Morgan fingerprint density at radius 3 is 2.68 bits per heavy atom. The molecule has 102 valence electrons. The molecule has 0 saturated carbocycles. The van der Waals surface area contributed by atoms with E-state index in [2.05, 4.69) is 34.7 Å². The van der Waals surface area contributed by atoms with Crippen LogP contribution in [0.5, 0.6) is 0 Å². The van der Waals surface area contributed by atoms with Crippen molar-refractivity contribution in [2.45, 2.75) is 26.3 Å². The van der Waals surface area contributed by atoms with E-state index < -0.39 is 0 Å². The zero-order valence-corrected chi connectivity index (χ0v) is 11.6. The SMILES string of the molecule is CCC(C)N1CCN(c2ncc(N)cc2C#N)CC1. The van der Waals surface area contributed by atoms with Crippen molar-refractivity contribution in [2.24, 2.45) is 0 Å². The van der Waals surface area contributed by atoms with E-state index in [0.717, 1.165) is 32.0 Å². The van der Waals surface area contributed by atoms with Gasteiger partial charge in [0.1, 0.15) is 11.9 Å². The van der Waals surface area contributed by atoms with Gasteiger partial charge in [-0.25, -0.2) is 4.98 Å². The number of pyridine rings is 1. The lowest BCUT2D eigenvalue weighted by Crippen LogP contribution is -2.49. The summed E-state index contributed by atoms with van der Waals surface area (Å²) in [7, 11) is 0. The first-order valence-electron chi connectivity index (χ1n) is 6.80. The van der Waals surface area contributed by atoms with Crippen molar-refractivity contribution in [3.8, 4) is 6.07 Å². The first-order chi connectivity index (χ1) is 9.15. The second-order valence-corrected chi connectivity index (χ2v) is 5.03. The average molecular weight is 259 g/mol. The first kappa shape index (κ1) is 13.6. The summed E-state index contributed by atoms with van der Waals surface area (Å²) in [5, 5.41) is 9.17. The van der Waals surface area contributed by atoms with Gasteiger partial charge in [-0.1, -0.05) is 6.92 Å². The Balaban J connectivity index is 2.08. The summed E-state index contributed by atoms with van der Waals surface area (Å²) in [5.74, 6) is 0.764. The predicted molar refractivity (Wildman–Crippen MR) is 76.9 cm³/mol. The molecule has 5 nitrogen and oxygen atoms in total. The van der Waals surface area contributed by atoms with Crippen LogP contribution in [0.25, 0.3) is 0 Å². The lowest BCUT2D eigenvalue weighted by Gasteiger charge is -2.38. The summed E-state index contributed by atoms with van der Waals surface area (Å²) >= 11 is 0. The third-order valence-corrected chi connectivity index (χ3v) is 3.84. The molecule has 0 aliphatic carbocycles. The van der Waals surface area contributed by atoms with Gasteiger partial charge in [0.2, 0.25) is 0 Å². The van der Waals surface area contributed by atoms with Crippen LogP contribution in [0.15, 0.2) is 12.3 Å². The normalized spacial score (nSPS) is 18.1. The van der Waals surface area contributed by atoms with Gasteiger partial charge < -0.3 is 10.6 Å². The Kier molecular flexibility index (Phi) is 4.23. The molecule has 1 fully saturated rings. The molecule has 0 aromatic carbocycles. The maximum Gasteiger partial charge on any atom is 0.146 e. The average Bonchev–Trinajstić information content (AvgIpc) is 2.46. The van der Waals surface area contributed by atoms with E-state index in [9.17, 15) is 0 Å². The highest BCUT2D eigenvalue weighted by molar-refractivity contribution is 5.59. The van der Waals surface area contributed by atoms with Crippen molar-refractivity contribution in [2.75, 3.05) is 36.8 Å². The van der Waals surface area contributed by atoms with Gasteiger partial charge in [0.25, 0.3) is 0 Å². The van der Waals surface area contributed by atoms with Crippen LogP contribution >= 0.6 is 0 Å². The molecule has 2 heterocycles. The highest BCUT2D eigenvalue weighted by Gasteiger charge is 2.22. The van der Waals surface area contributed by atoms with E-state index in [4.69, 9.17) is 11.0 Å². The van der Waals surface area contributed by atoms with E-state index in [1.807, 2.05) is 0 Å². The zero-order chi connectivity index (χ0) is 13.8. The number of nitriles is 1. The lowest BCUT2D eigenvalue weighted by molar-refractivity contribution is 0.192. The van der Waals surface area contributed by atoms with Gasteiger partial charge in [-0.05, 0) is 19.4 Å². The Morgan fingerprint density at radius 1 is 1.42 bits per heavy atom. The molecule has 0 spiro atoms. The number of hydrogen-bond acceptors (Lipinski definition) is 5. The van der Waals surface area contributed by atoms with Gasteiger partial charge in [-0.15, -0.1) is 0 Å². The Labute approximate surface area is 114 Å². The van der Waals surface area contributed by atoms with Crippen LogP contribution in [0.3, 0.4) is 0 Å². The van der Waals surface area contributed by atoms with Crippen LogP contribution in [0, 0.1) is 11.3 Å². The summed E-state index contributed by atoms with van der Waals surface area (Å²) in [6.45, 7) is 8.34. The summed E-state index contributed by atoms with van der Waals surface area (Å²) in [6, 6.07) is 4.50. The van der Waals surface area contributed by atoms with Crippen molar-refractivity contribution in [1.29, 1.82) is 5.26 Å². The van der Waals surface area contributed by atoms with Crippen LogP contribution in [-0.2, 0) is 0 Å². The third-order valence-electron chi connectivity index (χ3n) is 3.84. The van der Waals surface area contributed by atoms with Gasteiger partial charge in [0.15, 0.2) is 0 Å². The van der Waals surface area contributed by atoms with Crippen LogP contribution in [0.1, 0.15) is 25.8 Å². The Hall–Kier alpha value is -1.80. The zero-order valence-electron chi connectivity index (χ0n) is 11.6. The number of nitrogens with two attached hydrogens (primary N) is 1. The minimum atomic E-state index is 0.540. The molecule has 0 radical (unpaired) electrons. The fourth-order valence-corrected chi connectivity index (χ4v) is 2.44. The van der Waals surface area contributed by atoms with Gasteiger partial charge >= 0.3 is 0 Å². The highest BCUT2D eigenvalue weighted by Crippen LogP contribution is 2.21. The summed E-state index contributed by atoms with van der Waals surface area (Å²) in [4.78, 5) is 8.99. The minimum Gasteiger partial charge on any atom is -0.397 e. The van der Waals surface area contributed by atoms with Gasteiger partial charge in [-0.3, -0.25) is 4.90 Å². The second-order valence-electron chi connectivity index (χ2n) is 5.03. The largest absolute Gasteiger partial charge is 0.397 e. The van der Waals surface area contributed by atoms with E-state index >= 15 is 0 Å². The molecular formula is C14H21N5. The van der Waals surface area contributed by atoms with E-state index in [0.29, 0.717) is 17.3 Å². The summed E-state index contributed by atoms with van der Waals surface area (Å²) < 4.78 is 0. The fourth-order valence-electron chi connectivity index (χ4n) is 2.44. The monoisotopic (exact) mass is 259 g/mol. The Morgan fingerprint density at radius 2 is 2.11 bits per heavy atom. The predicted octanol–water partition coefficient (Wildman–Crippen LogP) is 1.46. The van der Waals surface area contributed by atoms with Crippen LogP contribution in [-0.4, -0.2) is 42.1 Å². The number of nitrogen functional groups attached to an aromatic ring is 1. The third kappa shape index (κ3) is 2.96. The van der Waals surface area contributed by atoms with Crippen molar-refractivity contribution < 1.29 is 0 Å². The first-order valence-corrected chi connectivity index (χ1v) is 6.80. The van der Waals surface area contributed by atoms with Crippen LogP contribution < -0.4 is 10.6 Å². The quantitative estimate of drug-likeness (QED) is 0.890. The molecule has 2 N–H and O–H groups in total. The smallest absolute Gasteiger partial charge is 0.146 e. The number of piperazine rings is 1. The van der Waals surface area contributed by atoms with Gasteiger partial charge in [0, 0.05) is 32.2 Å². The maximum absolute atomic E-state index is 9.17. The van der Waals surface area contributed by atoms with E-state index in [1.165, 1.54) is 6.42 Å². The van der Waals surface area contributed by atoms with E-state index in [1.54, 1.807) is 12.3 Å². The Bertz CT molecular complexity index is 471. The molecule has 5 heteroatoms. The molecule has 1 aliphatic rings. The van der Waals surface area contributed by atoms with Crippen LogP contribution in [0.4, 0.5) is 11.5 Å². The van der Waals surface area contributed by atoms with Crippen LogP contribution in [0.2, 0.25) is 0 Å². The number of hydrogen-bond donors (Lipinski definition) is 1. The highest BCUT2D eigenvalue weighted by atomic mass is 15.3. The van der Waals surface area contributed by atoms with Crippen molar-refractivity contribution >= 4 is 11.5 Å². The molecule has 1 saturated heterocycles. The lowest BCUT2D eigenvalue weighted by atomic mass is 10.1. The molecule has 1 atom stereocenters. The molecule has 1 aliphatic heterocycles. The topological polar surface area (TPSA) is 69.2 Å². The van der Waals surface area contributed by atoms with Crippen molar-refractivity contribution in [3.05, 3.63) is 17.8 Å². The summed E-state index contributed by atoms with van der Waals surface area (Å²) in [5.41, 5.74) is 6.78. The van der Waals surface area contributed by atoms with Crippen molar-refractivity contribution in [3.63, 3.8) is 0 Å². The van der Waals surface area contributed by atoms with E-state index in [-0.39, 0.29) is 0 Å². The number of anilines is 2. The molecule has 1 aromatic heterocycles. The maximum atomic E-state index is 9.17. The molecule has 0 amide bonds. The minimum absolute atomic E-state index is 0.540. The number of nitrogens with zero attached hydrogens (tertiary/aromatic N) is 4. The fraction of sp³-hybridized carbons (Fsp3) is 0.571.